The topological polar surface area (TPSA) is 0 Å². The second kappa shape index (κ2) is 9.32. The maximum atomic E-state index is 6.11. The monoisotopic (exact) mass is 566 g/mol. The summed E-state index contributed by atoms with van der Waals surface area (Å²) in [5.74, 6) is 2.91. The molecule has 0 heterocycles. The van der Waals surface area contributed by atoms with Crippen LogP contribution in [-0.4, -0.2) is 8.12 Å². The number of hydrogen-bond donors (Lipinski definition) is 0. The van der Waals surface area contributed by atoms with Gasteiger partial charge in [0.25, 0.3) is 0 Å². The van der Waals surface area contributed by atoms with Gasteiger partial charge in [-0.15, -0.1) is 0 Å². The van der Waals surface area contributed by atoms with Gasteiger partial charge in [0.05, 0.1) is 5.92 Å². The molecule has 4 aliphatic rings. The molecule has 0 atom stereocenters. The van der Waals surface area contributed by atoms with Crippen molar-refractivity contribution < 1.29 is 0 Å². The first-order valence-electron chi connectivity index (χ1n) is 10.4. The molecule has 0 aliphatic heterocycles. The molecule has 0 amide bonds. The highest BCUT2D eigenvalue weighted by Gasteiger charge is 2.49. The van der Waals surface area contributed by atoms with Crippen molar-refractivity contribution in [3.8, 4) is 0 Å². The van der Waals surface area contributed by atoms with Gasteiger partial charge in [0.1, 0.15) is 0 Å². The van der Waals surface area contributed by atoms with Gasteiger partial charge in [-0.1, -0.05) is 98.2 Å². The summed E-state index contributed by atoms with van der Waals surface area (Å²) in [6.07, 6.45) is 9.14. The molecule has 0 spiro atoms. The lowest BCUT2D eigenvalue weighted by molar-refractivity contribution is 0.0414. The zero-order valence-electron chi connectivity index (χ0n) is 16.4. The third-order valence-electron chi connectivity index (χ3n) is 6.70. The van der Waals surface area contributed by atoms with Crippen LogP contribution in [0.5, 0.6) is 0 Å². The van der Waals surface area contributed by atoms with Crippen molar-refractivity contribution in [3.05, 3.63) is 69.7 Å². The summed E-state index contributed by atoms with van der Waals surface area (Å²) in [5.41, 5.74) is 1.76. The van der Waals surface area contributed by atoms with E-state index >= 15 is 0 Å². The second-order valence-corrected chi connectivity index (χ2v) is 14.1. The lowest BCUT2D eigenvalue weighted by Crippen LogP contribution is -2.46. The van der Waals surface area contributed by atoms with Gasteiger partial charge in [-0.3, -0.25) is 0 Å². The Labute approximate surface area is 212 Å². The molecule has 0 N–H and O–H groups in total. The van der Waals surface area contributed by atoms with Crippen LogP contribution >= 0.6 is 73.9 Å². The van der Waals surface area contributed by atoms with Crippen molar-refractivity contribution in [2.45, 2.75) is 52.6 Å². The summed E-state index contributed by atoms with van der Waals surface area (Å²) in [7, 11) is 0. The van der Waals surface area contributed by atoms with Crippen LogP contribution in [0.4, 0.5) is 0 Å². The fourth-order valence-corrected chi connectivity index (χ4v) is 8.27. The molecular weight excluding hydrogens is 545 g/mol. The first kappa shape index (κ1) is 23.5. The predicted octanol–water partition coefficient (Wildman–Crippen LogP) is 9.85. The van der Waals surface area contributed by atoms with E-state index in [4.69, 9.17) is 58.0 Å². The van der Waals surface area contributed by atoms with Gasteiger partial charge in [-0.25, -0.2) is 0 Å². The van der Waals surface area contributed by atoms with Crippen LogP contribution in [0, 0.1) is 17.8 Å². The Morgan fingerprint density at radius 2 is 1.03 bits per heavy atom. The SMILES string of the molecule is BrC12CC3CC(CC(C3)C1)C2.Clc1ccc(C(c2ccc(Cl)cc2)C(Cl)(Cl)Cl)cc1. The van der Waals surface area contributed by atoms with Gasteiger partial charge in [0.15, 0.2) is 0 Å². The van der Waals surface area contributed by atoms with E-state index in [1.165, 1.54) is 19.3 Å². The van der Waals surface area contributed by atoms with Crippen molar-refractivity contribution in [1.82, 2.24) is 0 Å². The molecule has 2 aromatic carbocycles. The Hall–Kier alpha value is 0.370. The van der Waals surface area contributed by atoms with Crippen molar-refractivity contribution in [2.75, 3.05) is 0 Å². The summed E-state index contributed by atoms with van der Waals surface area (Å²) in [5, 5.41) is 1.28. The van der Waals surface area contributed by atoms with Crippen molar-refractivity contribution in [1.29, 1.82) is 0 Å². The van der Waals surface area contributed by atoms with Crippen LogP contribution in [0.25, 0.3) is 0 Å². The van der Waals surface area contributed by atoms with E-state index in [2.05, 4.69) is 15.9 Å². The highest BCUT2D eigenvalue weighted by Crippen LogP contribution is 2.59. The highest BCUT2D eigenvalue weighted by atomic mass is 79.9. The molecule has 0 nitrogen and oxygen atoms in total. The number of halogens is 6. The second-order valence-electron chi connectivity index (χ2n) is 9.15. The van der Waals surface area contributed by atoms with Gasteiger partial charge < -0.3 is 0 Å². The van der Waals surface area contributed by atoms with Gasteiger partial charge in [-0.05, 0) is 91.7 Å². The number of benzene rings is 2. The van der Waals surface area contributed by atoms with E-state index in [9.17, 15) is 0 Å². The first-order chi connectivity index (χ1) is 14.1. The summed E-state index contributed by atoms with van der Waals surface area (Å²) in [6, 6.07) is 14.5. The van der Waals surface area contributed by atoms with E-state index in [-0.39, 0.29) is 5.92 Å². The summed E-state index contributed by atoms with van der Waals surface area (Å²) >= 11 is 34.1. The maximum absolute atomic E-state index is 6.11. The van der Waals surface area contributed by atoms with Crippen LogP contribution in [0.1, 0.15) is 55.6 Å². The molecule has 4 fully saturated rings. The third kappa shape index (κ3) is 5.64. The zero-order valence-corrected chi connectivity index (χ0v) is 21.8. The average Bonchev–Trinajstić information content (AvgIpc) is 2.63. The highest BCUT2D eigenvalue weighted by molar-refractivity contribution is 9.10. The largest absolute Gasteiger partial charge is 0.201 e. The Morgan fingerprint density at radius 3 is 1.30 bits per heavy atom. The minimum Gasteiger partial charge on any atom is -0.0853 e. The molecular formula is C24H24BrCl5. The normalized spacial score (nSPS) is 29.6. The van der Waals surface area contributed by atoms with E-state index in [1.807, 2.05) is 24.3 Å². The summed E-state index contributed by atoms with van der Waals surface area (Å²) in [4.78, 5) is 0. The molecule has 30 heavy (non-hydrogen) atoms. The molecule has 162 valence electrons. The first-order valence-corrected chi connectivity index (χ1v) is 13.1. The molecule has 6 rings (SSSR count). The van der Waals surface area contributed by atoms with Crippen molar-refractivity contribution in [2.24, 2.45) is 17.8 Å². The van der Waals surface area contributed by atoms with Crippen LogP contribution < -0.4 is 0 Å². The summed E-state index contributed by atoms with van der Waals surface area (Å²) in [6.45, 7) is 0. The molecule has 6 heteroatoms. The average molecular weight is 570 g/mol. The fraction of sp³-hybridized carbons (Fsp3) is 0.500. The van der Waals surface area contributed by atoms with E-state index in [0.717, 1.165) is 28.9 Å². The van der Waals surface area contributed by atoms with Crippen LogP contribution in [-0.2, 0) is 0 Å². The molecule has 0 unspecified atom stereocenters. The summed E-state index contributed by atoms with van der Waals surface area (Å²) < 4.78 is -0.844. The van der Waals surface area contributed by atoms with Crippen LogP contribution in [0.2, 0.25) is 10.0 Å². The Morgan fingerprint density at radius 1 is 0.700 bits per heavy atom. The minimum absolute atomic E-state index is 0.382. The van der Waals surface area contributed by atoms with Crippen LogP contribution in [0.15, 0.2) is 48.5 Å². The molecule has 4 bridgehead atoms. The van der Waals surface area contributed by atoms with Crippen molar-refractivity contribution >= 4 is 73.9 Å². The molecule has 0 saturated heterocycles. The molecule has 2 aromatic rings. The van der Waals surface area contributed by atoms with Crippen molar-refractivity contribution in [3.63, 3.8) is 0 Å². The van der Waals surface area contributed by atoms with Gasteiger partial charge in [0, 0.05) is 14.4 Å². The lowest BCUT2D eigenvalue weighted by Gasteiger charge is -2.54. The van der Waals surface area contributed by atoms with Gasteiger partial charge in [0.2, 0.25) is 3.79 Å². The van der Waals surface area contributed by atoms with Gasteiger partial charge in [-0.2, -0.15) is 0 Å². The van der Waals surface area contributed by atoms with E-state index < -0.39 is 3.79 Å². The molecule has 4 aliphatic carbocycles. The number of hydrogen-bond acceptors (Lipinski definition) is 0. The van der Waals surface area contributed by atoms with E-state index in [1.54, 1.807) is 43.5 Å². The smallest absolute Gasteiger partial charge is 0.0853 e. The lowest BCUT2D eigenvalue weighted by atomic mass is 9.56. The molecule has 0 radical (unpaired) electrons. The maximum Gasteiger partial charge on any atom is 0.201 e. The standard InChI is InChI=1S/C14H9Cl5.C10H15Br/c15-11-5-1-9(2-6-11)13(14(17,18)19)10-3-7-12(16)8-4-10;11-10-4-7-1-8(5-10)3-9(2-7)6-10/h1-8,13H;7-9H,1-6H2. The Bertz CT molecular complexity index is 776. The predicted molar refractivity (Wildman–Crippen MR) is 135 cm³/mol. The molecule has 4 saturated carbocycles. The third-order valence-corrected chi connectivity index (χ3v) is 8.83. The van der Waals surface area contributed by atoms with E-state index in [0.29, 0.717) is 14.4 Å². The van der Waals surface area contributed by atoms with Crippen LogP contribution in [0.3, 0.4) is 0 Å². The fourth-order valence-electron chi connectivity index (χ4n) is 5.89. The Kier molecular flexibility index (Phi) is 7.31. The number of alkyl halides is 4. The van der Waals surface area contributed by atoms with Gasteiger partial charge >= 0.3 is 0 Å². The minimum atomic E-state index is -1.46. The Balaban J connectivity index is 0.000000165. The quantitative estimate of drug-likeness (QED) is 0.316. The molecule has 0 aromatic heterocycles. The number of rotatable bonds is 2. The zero-order chi connectivity index (χ0) is 21.5.